The fourth-order valence-electron chi connectivity index (χ4n) is 6.78. The van der Waals surface area contributed by atoms with Crippen LogP contribution >= 0.6 is 47.8 Å². The Kier molecular flexibility index (Phi) is 17.0. The minimum Gasteiger partial charge on any atom is -0.492 e. The normalized spacial score (nSPS) is 11.3. The Morgan fingerprint density at radius 2 is 0.683 bits per heavy atom. The summed E-state index contributed by atoms with van der Waals surface area (Å²) in [6.07, 6.45) is 13.6. The molecule has 3 aromatic heterocycles. The lowest BCUT2D eigenvalue weighted by Crippen LogP contribution is -1.98. The SMILES string of the molecule is CCCCCCOc1ccc(-c2noc(-c3cc(-c4nc(-c5ccc(OCCCCCC)c(Br)c5)no4)cc(-c4nc(-c5ccc(OCCCCCC)c(Br)c5)no4)c3)n2)cc1Br. The predicted molar refractivity (Wildman–Crippen MR) is 255 cm³/mol. The van der Waals surface area contributed by atoms with E-state index < -0.39 is 0 Å². The monoisotopic (exact) mass is 1040 g/mol. The average molecular weight is 1050 g/mol. The van der Waals surface area contributed by atoms with E-state index >= 15 is 0 Å². The number of ether oxygens (including phenoxy) is 3. The molecule has 0 fully saturated rings. The second-order valence-corrected chi connectivity index (χ2v) is 17.8. The van der Waals surface area contributed by atoms with Crippen molar-refractivity contribution in [3.05, 3.63) is 86.2 Å². The predicted octanol–water partition coefficient (Wildman–Crippen LogP) is 15.0. The summed E-state index contributed by atoms with van der Waals surface area (Å²) in [7, 11) is 0. The van der Waals surface area contributed by atoms with E-state index in [1.54, 1.807) is 0 Å². The second-order valence-electron chi connectivity index (χ2n) is 15.2. The third-order valence-electron chi connectivity index (χ3n) is 10.3. The lowest BCUT2D eigenvalue weighted by molar-refractivity contribution is 0.303. The highest BCUT2D eigenvalue weighted by Gasteiger charge is 2.21. The molecular formula is C48H51Br3N6O6. The van der Waals surface area contributed by atoms with Gasteiger partial charge in [0.25, 0.3) is 17.7 Å². The van der Waals surface area contributed by atoms with Crippen LogP contribution in [0, 0.1) is 0 Å². The van der Waals surface area contributed by atoms with Gasteiger partial charge < -0.3 is 27.8 Å². The molecule has 0 bridgehead atoms. The maximum Gasteiger partial charge on any atom is 0.258 e. The number of nitrogens with zero attached hydrogens (tertiary/aromatic N) is 6. The summed E-state index contributed by atoms with van der Waals surface area (Å²) in [6, 6.07) is 22.8. The molecular weight excluding hydrogens is 996 g/mol. The topological polar surface area (TPSA) is 144 Å². The lowest BCUT2D eigenvalue weighted by atomic mass is 10.0. The van der Waals surface area contributed by atoms with Crippen molar-refractivity contribution in [1.82, 2.24) is 30.4 Å². The fourth-order valence-corrected chi connectivity index (χ4v) is 8.26. The highest BCUT2D eigenvalue weighted by Crippen LogP contribution is 2.37. The molecule has 330 valence electrons. The van der Waals surface area contributed by atoms with Crippen molar-refractivity contribution in [2.45, 2.75) is 97.8 Å². The molecule has 0 amide bonds. The molecule has 63 heavy (non-hydrogen) atoms. The quantitative estimate of drug-likeness (QED) is 0.0531. The highest BCUT2D eigenvalue weighted by atomic mass is 79.9. The van der Waals surface area contributed by atoms with Gasteiger partial charge in [-0.25, -0.2) is 0 Å². The molecule has 0 aliphatic heterocycles. The zero-order valence-corrected chi connectivity index (χ0v) is 40.6. The molecule has 0 spiro atoms. The van der Waals surface area contributed by atoms with Crippen LogP contribution in [0.2, 0.25) is 0 Å². The van der Waals surface area contributed by atoms with Gasteiger partial charge in [-0.3, -0.25) is 0 Å². The zero-order chi connectivity index (χ0) is 44.0. The number of unbranched alkanes of at least 4 members (excludes halogenated alkanes) is 9. The molecule has 0 saturated heterocycles. The van der Waals surface area contributed by atoms with E-state index in [-0.39, 0.29) is 17.7 Å². The van der Waals surface area contributed by atoms with Gasteiger partial charge in [-0.15, -0.1) is 0 Å². The van der Waals surface area contributed by atoms with Crippen LogP contribution in [-0.2, 0) is 0 Å². The summed E-state index contributed by atoms with van der Waals surface area (Å²) < 4.78 is 38.1. The number of rotatable bonds is 24. The first kappa shape index (κ1) is 46.1. The molecule has 0 unspecified atom stereocenters. The minimum atomic E-state index is 0.267. The summed E-state index contributed by atoms with van der Waals surface area (Å²) in [6.45, 7) is 8.55. The minimum absolute atomic E-state index is 0.267. The molecule has 0 atom stereocenters. The lowest BCUT2D eigenvalue weighted by Gasteiger charge is -2.08. The van der Waals surface area contributed by atoms with Gasteiger partial charge in [0.05, 0.1) is 33.2 Å². The molecule has 7 aromatic rings. The van der Waals surface area contributed by atoms with E-state index in [1.807, 2.05) is 72.8 Å². The van der Waals surface area contributed by atoms with E-state index in [2.05, 4.69) is 84.0 Å². The molecule has 15 heteroatoms. The second kappa shape index (κ2) is 23.2. The number of aromatic nitrogens is 6. The number of benzene rings is 4. The molecule has 0 aliphatic carbocycles. The Balaban J connectivity index is 1.16. The van der Waals surface area contributed by atoms with Crippen LogP contribution in [0.1, 0.15) is 97.8 Å². The molecule has 12 nitrogen and oxygen atoms in total. The van der Waals surface area contributed by atoms with Crippen LogP contribution in [0.25, 0.3) is 68.5 Å². The van der Waals surface area contributed by atoms with Gasteiger partial charge in [-0.2, -0.15) is 15.0 Å². The summed E-state index contributed by atoms with van der Waals surface area (Å²) in [5, 5.41) is 13.0. The molecule has 0 aliphatic rings. The van der Waals surface area contributed by atoms with Crippen molar-refractivity contribution in [3.8, 4) is 85.8 Å². The Morgan fingerprint density at radius 3 is 0.952 bits per heavy atom. The molecule has 7 rings (SSSR count). The largest absolute Gasteiger partial charge is 0.492 e. The highest BCUT2D eigenvalue weighted by molar-refractivity contribution is 9.11. The zero-order valence-electron chi connectivity index (χ0n) is 35.8. The van der Waals surface area contributed by atoms with Crippen LogP contribution in [0.5, 0.6) is 17.2 Å². The van der Waals surface area contributed by atoms with Gasteiger partial charge in [0.1, 0.15) is 17.2 Å². The van der Waals surface area contributed by atoms with Gasteiger partial charge in [0, 0.05) is 33.4 Å². The first-order chi connectivity index (χ1) is 30.8. The summed E-state index contributed by atoms with van der Waals surface area (Å²) in [4.78, 5) is 14.4. The molecule has 4 aromatic carbocycles. The Bertz CT molecular complexity index is 2270. The van der Waals surface area contributed by atoms with Gasteiger partial charge in [0.15, 0.2) is 0 Å². The number of halogens is 3. The molecule has 0 saturated carbocycles. The van der Waals surface area contributed by atoms with E-state index in [9.17, 15) is 0 Å². The van der Waals surface area contributed by atoms with Crippen molar-refractivity contribution in [1.29, 1.82) is 0 Å². The third-order valence-corrected chi connectivity index (χ3v) is 12.1. The van der Waals surface area contributed by atoms with Crippen molar-refractivity contribution < 1.29 is 27.8 Å². The van der Waals surface area contributed by atoms with Crippen molar-refractivity contribution in [2.75, 3.05) is 19.8 Å². The smallest absolute Gasteiger partial charge is 0.258 e. The van der Waals surface area contributed by atoms with Crippen molar-refractivity contribution in [2.24, 2.45) is 0 Å². The van der Waals surface area contributed by atoms with Crippen molar-refractivity contribution in [3.63, 3.8) is 0 Å². The van der Waals surface area contributed by atoms with Gasteiger partial charge in [-0.1, -0.05) is 94.0 Å². The standard InChI is InChI=1S/C48H51Br3N6O6/c1-4-7-10-13-22-58-40-19-16-31(28-37(40)49)43-52-46(61-55-43)34-25-35(47-53-44(56-62-47)32-17-20-41(38(50)29-32)59-23-14-11-8-5-2)27-36(26-34)48-54-45(57-63-48)33-18-21-42(39(51)30-33)60-24-15-12-9-6-3/h16-21,25-30H,4-15,22-24H2,1-3H3. The summed E-state index contributed by atoms with van der Waals surface area (Å²) in [5.74, 6) is 4.31. The van der Waals surface area contributed by atoms with Gasteiger partial charge in [0.2, 0.25) is 17.5 Å². The van der Waals surface area contributed by atoms with Crippen LogP contribution in [0.4, 0.5) is 0 Å². The maximum absolute atomic E-state index is 6.02. The Labute approximate surface area is 393 Å². The van der Waals surface area contributed by atoms with Crippen LogP contribution in [-0.4, -0.2) is 50.2 Å². The molecule has 0 radical (unpaired) electrons. The summed E-state index contributed by atoms with van der Waals surface area (Å²) >= 11 is 11.0. The fraction of sp³-hybridized carbons (Fsp3) is 0.375. The molecule has 3 heterocycles. The maximum atomic E-state index is 6.02. The number of hydrogen-bond donors (Lipinski definition) is 0. The average Bonchev–Trinajstić information content (AvgIpc) is 4.10. The van der Waals surface area contributed by atoms with E-state index in [0.717, 1.165) is 85.9 Å². The Morgan fingerprint density at radius 1 is 0.381 bits per heavy atom. The van der Waals surface area contributed by atoms with Crippen LogP contribution in [0.15, 0.2) is 99.8 Å². The van der Waals surface area contributed by atoms with E-state index in [0.29, 0.717) is 54.0 Å². The van der Waals surface area contributed by atoms with E-state index in [4.69, 9.17) is 42.7 Å². The van der Waals surface area contributed by atoms with Crippen molar-refractivity contribution >= 4 is 47.8 Å². The third kappa shape index (κ3) is 12.4. The first-order valence-corrected chi connectivity index (χ1v) is 24.2. The Hall–Kier alpha value is -4.86. The summed E-state index contributed by atoms with van der Waals surface area (Å²) in [5.41, 5.74) is 4.02. The molecule has 0 N–H and O–H groups in total. The number of hydrogen-bond acceptors (Lipinski definition) is 12. The van der Waals surface area contributed by atoms with Crippen LogP contribution < -0.4 is 14.2 Å². The van der Waals surface area contributed by atoms with E-state index in [1.165, 1.54) is 38.5 Å². The first-order valence-electron chi connectivity index (χ1n) is 21.8. The van der Waals surface area contributed by atoms with Crippen LogP contribution in [0.3, 0.4) is 0 Å². The van der Waals surface area contributed by atoms with Gasteiger partial charge in [-0.05, 0) is 140 Å². The van der Waals surface area contributed by atoms with Gasteiger partial charge >= 0.3 is 0 Å².